The van der Waals surface area contributed by atoms with Gasteiger partial charge in [-0.1, -0.05) is 31.5 Å². The number of nitrogens with zero attached hydrogens (tertiary/aromatic N) is 3. The van der Waals surface area contributed by atoms with Crippen molar-refractivity contribution in [1.29, 1.82) is 0 Å². The minimum atomic E-state index is -0.685. The summed E-state index contributed by atoms with van der Waals surface area (Å²) in [5.41, 5.74) is 1.51. The van der Waals surface area contributed by atoms with E-state index in [0.29, 0.717) is 48.2 Å². The predicted octanol–water partition coefficient (Wildman–Crippen LogP) is 4.56. The van der Waals surface area contributed by atoms with Crippen LogP contribution in [0.4, 0.5) is 8.78 Å². The van der Waals surface area contributed by atoms with Crippen LogP contribution in [-0.2, 0) is 4.74 Å². The second kappa shape index (κ2) is 12.0. The molecule has 5 rings (SSSR count). The number of nitrogens with one attached hydrogen (secondary N) is 2. The van der Waals surface area contributed by atoms with Gasteiger partial charge in [0.25, 0.3) is 11.5 Å². The van der Waals surface area contributed by atoms with Gasteiger partial charge in [-0.3, -0.25) is 14.5 Å². The number of methoxy groups -OCH3 is 1. The molecule has 1 unspecified atom stereocenters. The van der Waals surface area contributed by atoms with Crippen LogP contribution < -0.4 is 15.6 Å². The molecular weight excluding hydrogens is 556 g/mol. The van der Waals surface area contributed by atoms with Crippen molar-refractivity contribution in [2.24, 2.45) is 0 Å². The van der Waals surface area contributed by atoms with E-state index in [1.54, 1.807) is 18.2 Å². The molecule has 12 heteroatoms. The first kappa shape index (κ1) is 28.7. The largest absolute Gasteiger partial charge is 0.495 e. The first-order valence-electron chi connectivity index (χ1n) is 13.2. The number of H-pyrrole nitrogens is 1. The summed E-state index contributed by atoms with van der Waals surface area (Å²) < 4.78 is 40.6. The van der Waals surface area contributed by atoms with E-state index >= 15 is 0 Å². The number of hydrogen-bond donors (Lipinski definition) is 2. The zero-order chi connectivity index (χ0) is 29.3. The highest BCUT2D eigenvalue weighted by atomic mass is 35.5. The Labute approximate surface area is 240 Å². The Kier molecular flexibility index (Phi) is 8.39. The molecule has 0 spiro atoms. The van der Waals surface area contributed by atoms with Crippen LogP contribution >= 0.6 is 11.6 Å². The van der Waals surface area contributed by atoms with Gasteiger partial charge in [-0.05, 0) is 30.2 Å². The maximum absolute atomic E-state index is 14.8. The monoisotopic (exact) mass is 585 g/mol. The van der Waals surface area contributed by atoms with Crippen LogP contribution in [0.1, 0.15) is 47.3 Å². The number of fused-ring (bicyclic) bond motifs is 1. The van der Waals surface area contributed by atoms with Crippen LogP contribution in [0.5, 0.6) is 5.75 Å². The smallest absolute Gasteiger partial charge is 0.275 e. The summed E-state index contributed by atoms with van der Waals surface area (Å²) in [5.74, 6) is -1.28. The molecule has 2 aromatic heterocycles. The molecule has 2 aromatic carbocycles. The number of carbonyl (C=O) groups is 1. The van der Waals surface area contributed by atoms with E-state index in [9.17, 15) is 18.4 Å². The molecule has 1 fully saturated rings. The fraction of sp³-hybridized carbons (Fsp3) is 0.345. The van der Waals surface area contributed by atoms with Gasteiger partial charge in [0, 0.05) is 48.6 Å². The van der Waals surface area contributed by atoms with E-state index in [-0.39, 0.29) is 34.9 Å². The van der Waals surface area contributed by atoms with Gasteiger partial charge < -0.3 is 19.8 Å². The molecule has 216 valence electrons. The topological polar surface area (TPSA) is 101 Å². The van der Waals surface area contributed by atoms with Gasteiger partial charge in [0.05, 0.1) is 37.0 Å². The summed E-state index contributed by atoms with van der Waals surface area (Å²) in [6.45, 7) is 5.81. The van der Waals surface area contributed by atoms with E-state index in [4.69, 9.17) is 21.1 Å². The van der Waals surface area contributed by atoms with E-state index in [1.165, 1.54) is 30.0 Å². The molecule has 1 aliphatic heterocycles. The number of rotatable bonds is 8. The van der Waals surface area contributed by atoms with Crippen molar-refractivity contribution < 1.29 is 23.0 Å². The number of morpholine rings is 1. The van der Waals surface area contributed by atoms with Crippen molar-refractivity contribution >= 4 is 23.0 Å². The highest BCUT2D eigenvalue weighted by Crippen LogP contribution is 2.30. The number of hydrogen-bond acceptors (Lipinski definition) is 6. The first-order valence-corrected chi connectivity index (χ1v) is 13.6. The average molecular weight is 586 g/mol. The summed E-state index contributed by atoms with van der Waals surface area (Å²) in [6, 6.07) is 7.91. The number of ether oxygens (including phenoxy) is 2. The molecule has 1 atom stereocenters. The van der Waals surface area contributed by atoms with E-state index in [0.717, 1.165) is 6.07 Å². The molecular formula is C29H30ClF2N5O4. The Hall–Kier alpha value is -3.80. The molecule has 0 saturated carbocycles. The maximum Gasteiger partial charge on any atom is 0.275 e. The Bertz CT molecular complexity index is 1650. The number of benzene rings is 2. The van der Waals surface area contributed by atoms with Crippen molar-refractivity contribution in [3.05, 3.63) is 86.3 Å². The quantitative estimate of drug-likeness (QED) is 0.315. The summed E-state index contributed by atoms with van der Waals surface area (Å²) in [6.07, 6.45) is 1.52. The molecule has 4 aromatic rings. The predicted molar refractivity (Wildman–Crippen MR) is 151 cm³/mol. The normalized spacial score (nSPS) is 14.9. The van der Waals surface area contributed by atoms with E-state index in [1.807, 2.05) is 18.7 Å². The highest BCUT2D eigenvalue weighted by molar-refractivity contribution is 6.32. The Balaban J connectivity index is 1.49. The van der Waals surface area contributed by atoms with E-state index < -0.39 is 29.1 Å². The third kappa shape index (κ3) is 5.83. The lowest BCUT2D eigenvalue weighted by molar-refractivity contribution is 0.0155. The summed E-state index contributed by atoms with van der Waals surface area (Å²) in [5, 5.41) is 7.90. The van der Waals surface area contributed by atoms with Gasteiger partial charge in [0.2, 0.25) is 0 Å². The lowest BCUT2D eigenvalue weighted by Gasteiger charge is -2.35. The molecule has 1 aliphatic rings. The zero-order valence-electron chi connectivity index (χ0n) is 22.8. The Morgan fingerprint density at radius 3 is 2.63 bits per heavy atom. The summed E-state index contributed by atoms with van der Waals surface area (Å²) in [4.78, 5) is 31.7. The number of aromatic nitrogens is 3. The minimum Gasteiger partial charge on any atom is -0.495 e. The highest BCUT2D eigenvalue weighted by Gasteiger charge is 2.28. The van der Waals surface area contributed by atoms with Crippen LogP contribution in [0.3, 0.4) is 0 Å². The molecule has 1 amide bonds. The maximum atomic E-state index is 14.8. The molecule has 1 saturated heterocycles. The molecule has 9 nitrogen and oxygen atoms in total. The van der Waals surface area contributed by atoms with Gasteiger partial charge in [-0.2, -0.15) is 0 Å². The second-order valence-electron chi connectivity index (χ2n) is 10.1. The SMILES string of the molecule is COc1cc(-c2nn3cc(C(=O)NCC(c4ccc(F)cc4F)N4CCOCC4)c(C(C)C)c3c(=O)[nH]2)ccc1Cl. The first-order chi connectivity index (χ1) is 19.7. The fourth-order valence-corrected chi connectivity index (χ4v) is 5.39. The van der Waals surface area contributed by atoms with Crippen molar-refractivity contribution in [2.75, 3.05) is 40.0 Å². The number of amides is 1. The Morgan fingerprint density at radius 2 is 1.95 bits per heavy atom. The minimum absolute atomic E-state index is 0.0602. The third-order valence-corrected chi connectivity index (χ3v) is 7.50. The van der Waals surface area contributed by atoms with Gasteiger partial charge in [-0.25, -0.2) is 13.3 Å². The average Bonchev–Trinajstić information content (AvgIpc) is 3.35. The van der Waals surface area contributed by atoms with Gasteiger partial charge >= 0.3 is 0 Å². The number of carbonyl (C=O) groups excluding carboxylic acids is 1. The van der Waals surface area contributed by atoms with Gasteiger partial charge in [0.15, 0.2) is 5.82 Å². The standard InChI is InChI=1S/C29H30ClF2N5O4/c1-16(2)25-20(15-37-26(25)29(39)34-27(35-37)17-4-7-21(30)24(12-17)40-3)28(38)33-14-23(36-8-10-41-11-9-36)19-6-5-18(31)13-22(19)32/h4-7,12-13,15-16,23H,8-11,14H2,1-3H3,(H,33,38)(H,34,35,39). The molecule has 0 aliphatic carbocycles. The third-order valence-electron chi connectivity index (χ3n) is 7.19. The van der Waals surface area contributed by atoms with Crippen molar-refractivity contribution in [1.82, 2.24) is 24.8 Å². The lowest BCUT2D eigenvalue weighted by Crippen LogP contribution is -2.44. The van der Waals surface area contributed by atoms with Crippen LogP contribution in [0.25, 0.3) is 16.9 Å². The molecule has 2 N–H and O–H groups in total. The Morgan fingerprint density at radius 1 is 1.20 bits per heavy atom. The van der Waals surface area contributed by atoms with Crippen molar-refractivity contribution in [3.8, 4) is 17.1 Å². The van der Waals surface area contributed by atoms with Gasteiger partial charge in [0.1, 0.15) is 22.9 Å². The summed E-state index contributed by atoms with van der Waals surface area (Å²) >= 11 is 6.15. The molecule has 0 bridgehead atoms. The fourth-order valence-electron chi connectivity index (χ4n) is 5.20. The van der Waals surface area contributed by atoms with Crippen LogP contribution in [0, 0.1) is 11.6 Å². The van der Waals surface area contributed by atoms with Crippen LogP contribution in [-0.4, -0.2) is 65.4 Å². The number of halogens is 3. The molecule has 0 radical (unpaired) electrons. The summed E-state index contributed by atoms with van der Waals surface area (Å²) in [7, 11) is 1.49. The zero-order valence-corrected chi connectivity index (χ0v) is 23.6. The molecule has 3 heterocycles. The van der Waals surface area contributed by atoms with Gasteiger partial charge in [-0.15, -0.1) is 5.10 Å². The van der Waals surface area contributed by atoms with Crippen LogP contribution in [0.15, 0.2) is 47.4 Å². The lowest BCUT2D eigenvalue weighted by atomic mass is 9.99. The van der Waals surface area contributed by atoms with Crippen LogP contribution in [0.2, 0.25) is 5.02 Å². The number of aromatic amines is 1. The molecule has 41 heavy (non-hydrogen) atoms. The second-order valence-corrected chi connectivity index (χ2v) is 10.5. The van der Waals surface area contributed by atoms with E-state index in [2.05, 4.69) is 15.4 Å². The van der Waals surface area contributed by atoms with Crippen molar-refractivity contribution in [3.63, 3.8) is 0 Å². The van der Waals surface area contributed by atoms with Crippen molar-refractivity contribution in [2.45, 2.75) is 25.8 Å².